The van der Waals surface area contributed by atoms with Gasteiger partial charge in [0.15, 0.2) is 6.61 Å². The van der Waals surface area contributed by atoms with Crippen molar-refractivity contribution in [2.75, 3.05) is 6.61 Å². The van der Waals surface area contributed by atoms with Crippen LogP contribution < -0.4 is 10.6 Å². The first-order valence-corrected chi connectivity index (χ1v) is 9.33. The van der Waals surface area contributed by atoms with Crippen LogP contribution in [-0.2, 0) is 14.3 Å². The molecule has 1 fully saturated rings. The Labute approximate surface area is 154 Å². The van der Waals surface area contributed by atoms with E-state index in [1.807, 2.05) is 44.2 Å². The molecule has 0 saturated heterocycles. The average Bonchev–Trinajstić information content (AvgIpc) is 3.13. The third-order valence-corrected chi connectivity index (χ3v) is 4.91. The molecule has 6 heteroatoms. The van der Waals surface area contributed by atoms with Crippen LogP contribution >= 0.6 is 0 Å². The number of benzene rings is 1. The predicted octanol–water partition coefficient (Wildman–Crippen LogP) is 3.13. The first-order valence-electron chi connectivity index (χ1n) is 9.33. The molecule has 6 nitrogen and oxygen atoms in total. The first-order chi connectivity index (χ1) is 12.5. The summed E-state index contributed by atoms with van der Waals surface area (Å²) in [4.78, 5) is 36.2. The van der Waals surface area contributed by atoms with Crippen LogP contribution in [-0.4, -0.2) is 30.6 Å². The average molecular weight is 360 g/mol. The van der Waals surface area contributed by atoms with Crippen molar-refractivity contribution < 1.29 is 19.1 Å². The van der Waals surface area contributed by atoms with Gasteiger partial charge in [0.1, 0.15) is 0 Å². The minimum Gasteiger partial charge on any atom is -0.455 e. The monoisotopic (exact) mass is 360 g/mol. The molecule has 1 aromatic rings. The van der Waals surface area contributed by atoms with E-state index in [0.29, 0.717) is 0 Å². The van der Waals surface area contributed by atoms with Gasteiger partial charge in [-0.15, -0.1) is 0 Å². The summed E-state index contributed by atoms with van der Waals surface area (Å²) in [5, 5.41) is 4.98. The molecule has 0 aromatic heterocycles. The van der Waals surface area contributed by atoms with E-state index in [0.717, 1.165) is 37.7 Å². The number of ether oxygens (including phenoxy) is 1. The van der Waals surface area contributed by atoms with Crippen molar-refractivity contribution in [1.82, 2.24) is 10.6 Å². The summed E-state index contributed by atoms with van der Waals surface area (Å²) in [6, 6.07) is 8.99. The van der Waals surface area contributed by atoms with Gasteiger partial charge < -0.3 is 10.1 Å². The molecule has 3 amide bonds. The number of urea groups is 1. The third-order valence-electron chi connectivity index (χ3n) is 4.91. The Morgan fingerprint density at radius 1 is 1.15 bits per heavy atom. The molecule has 0 spiro atoms. The fourth-order valence-electron chi connectivity index (χ4n) is 3.27. The molecule has 2 rings (SSSR count). The number of hydrogen-bond donors (Lipinski definition) is 2. The molecule has 1 aromatic carbocycles. The molecule has 1 aliphatic carbocycles. The van der Waals surface area contributed by atoms with Gasteiger partial charge in [0.05, 0.1) is 5.92 Å². The van der Waals surface area contributed by atoms with Crippen LogP contribution in [0.25, 0.3) is 0 Å². The van der Waals surface area contributed by atoms with Gasteiger partial charge >= 0.3 is 12.0 Å². The molecule has 0 radical (unpaired) electrons. The normalized spacial score (nSPS) is 16.5. The van der Waals surface area contributed by atoms with Crippen LogP contribution in [0, 0.1) is 5.92 Å². The molecule has 2 atom stereocenters. The van der Waals surface area contributed by atoms with Crippen molar-refractivity contribution in [3.05, 3.63) is 35.9 Å². The molecule has 0 heterocycles. The van der Waals surface area contributed by atoms with Gasteiger partial charge in [-0.05, 0) is 24.3 Å². The number of imide groups is 1. The van der Waals surface area contributed by atoms with Crippen molar-refractivity contribution in [1.29, 1.82) is 0 Å². The minimum atomic E-state index is -0.621. The Kier molecular flexibility index (Phi) is 7.63. The van der Waals surface area contributed by atoms with Crippen LogP contribution in [0.2, 0.25) is 0 Å². The van der Waals surface area contributed by atoms with Crippen molar-refractivity contribution >= 4 is 17.9 Å². The summed E-state index contributed by atoms with van der Waals surface area (Å²) in [5.74, 6) is -1.42. The summed E-state index contributed by atoms with van der Waals surface area (Å²) in [6.45, 7) is 3.53. The van der Waals surface area contributed by atoms with E-state index in [9.17, 15) is 14.4 Å². The molecule has 142 valence electrons. The SMILES string of the molecule is CC[C@H](C)[C@@H](C(=O)OCC(=O)NC(=O)NC1CCCC1)c1ccccc1. The fourth-order valence-corrected chi connectivity index (χ4v) is 3.27. The Balaban J connectivity index is 1.84. The number of nitrogens with one attached hydrogen (secondary N) is 2. The fraction of sp³-hybridized carbons (Fsp3) is 0.550. The lowest BCUT2D eigenvalue weighted by Gasteiger charge is -2.21. The second-order valence-corrected chi connectivity index (χ2v) is 6.88. The summed E-state index contributed by atoms with van der Waals surface area (Å²) < 4.78 is 5.18. The molecule has 0 unspecified atom stereocenters. The number of carbonyl (C=O) groups is 3. The van der Waals surface area contributed by atoms with Gasteiger partial charge in [0.2, 0.25) is 0 Å². The largest absolute Gasteiger partial charge is 0.455 e. The van der Waals surface area contributed by atoms with Crippen molar-refractivity contribution in [2.24, 2.45) is 5.92 Å². The second kappa shape index (κ2) is 9.94. The Morgan fingerprint density at radius 2 is 1.81 bits per heavy atom. The van der Waals surface area contributed by atoms with Gasteiger partial charge in [-0.25, -0.2) is 4.79 Å². The summed E-state index contributed by atoms with van der Waals surface area (Å²) in [7, 11) is 0. The molecule has 0 aliphatic heterocycles. The Morgan fingerprint density at radius 3 is 2.42 bits per heavy atom. The van der Waals surface area contributed by atoms with E-state index in [1.54, 1.807) is 0 Å². The molecule has 1 saturated carbocycles. The van der Waals surface area contributed by atoms with Gasteiger partial charge in [0, 0.05) is 6.04 Å². The van der Waals surface area contributed by atoms with Crippen molar-refractivity contribution in [3.63, 3.8) is 0 Å². The maximum absolute atomic E-state index is 12.5. The first kappa shape index (κ1) is 19.9. The maximum Gasteiger partial charge on any atom is 0.321 e. The van der Waals surface area contributed by atoms with Crippen molar-refractivity contribution in [2.45, 2.75) is 57.9 Å². The van der Waals surface area contributed by atoms with E-state index in [1.165, 1.54) is 0 Å². The lowest BCUT2D eigenvalue weighted by atomic mass is 9.86. The second-order valence-electron chi connectivity index (χ2n) is 6.88. The number of carbonyl (C=O) groups excluding carboxylic acids is 3. The number of esters is 1. The lowest BCUT2D eigenvalue weighted by molar-refractivity contribution is -0.151. The van der Waals surface area contributed by atoms with E-state index in [2.05, 4.69) is 10.6 Å². The van der Waals surface area contributed by atoms with E-state index < -0.39 is 30.4 Å². The maximum atomic E-state index is 12.5. The van der Waals surface area contributed by atoms with E-state index in [4.69, 9.17) is 4.74 Å². The Hall–Kier alpha value is -2.37. The number of hydrogen-bond acceptors (Lipinski definition) is 4. The van der Waals surface area contributed by atoms with Gasteiger partial charge in [-0.3, -0.25) is 14.9 Å². The highest BCUT2D eigenvalue weighted by Gasteiger charge is 2.28. The van der Waals surface area contributed by atoms with Crippen LogP contribution in [0.3, 0.4) is 0 Å². The molecule has 1 aliphatic rings. The Bertz CT molecular complexity index is 611. The molecule has 0 bridgehead atoms. The lowest BCUT2D eigenvalue weighted by Crippen LogP contribution is -2.45. The highest BCUT2D eigenvalue weighted by Crippen LogP contribution is 2.28. The minimum absolute atomic E-state index is 0.0821. The number of rotatable bonds is 7. The van der Waals surface area contributed by atoms with Crippen molar-refractivity contribution in [3.8, 4) is 0 Å². The van der Waals surface area contributed by atoms with E-state index in [-0.39, 0.29) is 12.0 Å². The van der Waals surface area contributed by atoms with Crippen LogP contribution in [0.5, 0.6) is 0 Å². The zero-order valence-electron chi connectivity index (χ0n) is 15.5. The topological polar surface area (TPSA) is 84.5 Å². The summed E-state index contributed by atoms with van der Waals surface area (Å²) >= 11 is 0. The van der Waals surface area contributed by atoms with E-state index >= 15 is 0 Å². The quantitative estimate of drug-likeness (QED) is 0.732. The zero-order chi connectivity index (χ0) is 18.9. The van der Waals surface area contributed by atoms with Gasteiger partial charge in [-0.2, -0.15) is 0 Å². The zero-order valence-corrected chi connectivity index (χ0v) is 15.5. The molecule has 26 heavy (non-hydrogen) atoms. The summed E-state index contributed by atoms with van der Waals surface area (Å²) in [5.41, 5.74) is 0.867. The van der Waals surface area contributed by atoms with Crippen LogP contribution in [0.4, 0.5) is 4.79 Å². The standard InChI is InChI=1S/C20H28N2O4/c1-3-14(2)18(15-9-5-4-6-10-15)19(24)26-13-17(23)22-20(25)21-16-11-7-8-12-16/h4-6,9-10,14,16,18H,3,7-8,11-13H2,1-2H3,(H2,21,22,23,25)/t14-,18+/m0/s1. The highest BCUT2D eigenvalue weighted by atomic mass is 16.5. The molecule has 2 N–H and O–H groups in total. The smallest absolute Gasteiger partial charge is 0.321 e. The van der Waals surface area contributed by atoms with Crippen LogP contribution in [0.1, 0.15) is 57.4 Å². The summed E-state index contributed by atoms with van der Waals surface area (Å²) in [6.07, 6.45) is 4.86. The third kappa shape index (κ3) is 5.86. The van der Waals surface area contributed by atoms with Crippen LogP contribution in [0.15, 0.2) is 30.3 Å². The predicted molar refractivity (Wildman–Crippen MR) is 98.5 cm³/mol. The van der Waals surface area contributed by atoms with Gasteiger partial charge in [0.25, 0.3) is 5.91 Å². The molecular weight excluding hydrogens is 332 g/mol. The number of amides is 3. The van der Waals surface area contributed by atoms with Gasteiger partial charge in [-0.1, -0.05) is 63.4 Å². The molecular formula is C20H28N2O4. The highest BCUT2D eigenvalue weighted by molar-refractivity contribution is 5.95.